The van der Waals surface area contributed by atoms with Crippen LogP contribution in [0.5, 0.6) is 5.75 Å². The molecule has 0 aliphatic heterocycles. The molecule has 0 saturated heterocycles. The Morgan fingerprint density at radius 2 is 1.86 bits per heavy atom. The zero-order chi connectivity index (χ0) is 15.9. The second kappa shape index (κ2) is 7.90. The van der Waals surface area contributed by atoms with Crippen molar-refractivity contribution in [1.29, 1.82) is 0 Å². The van der Waals surface area contributed by atoms with Crippen molar-refractivity contribution in [2.45, 2.75) is 31.3 Å². The van der Waals surface area contributed by atoms with Crippen LogP contribution in [0.25, 0.3) is 0 Å². The molecule has 2 rings (SSSR count). The quantitative estimate of drug-likeness (QED) is 0.797. The Morgan fingerprint density at radius 1 is 1.18 bits per heavy atom. The third-order valence-corrected chi connectivity index (χ3v) is 4.19. The average Bonchev–Trinajstić information content (AvgIpc) is 2.54. The first-order valence-corrected chi connectivity index (χ1v) is 8.54. The Labute approximate surface area is 136 Å². The number of hydrogen-bond donors (Lipinski definition) is 1. The highest BCUT2D eigenvalue weighted by Crippen LogP contribution is 2.25. The van der Waals surface area contributed by atoms with E-state index in [1.54, 1.807) is 11.8 Å². The monoisotopic (exact) mass is 315 g/mol. The van der Waals surface area contributed by atoms with Gasteiger partial charge in [0.05, 0.1) is 5.69 Å². The first kappa shape index (κ1) is 16.4. The minimum Gasteiger partial charge on any atom is -0.480 e. The molecule has 22 heavy (non-hydrogen) atoms. The standard InChI is InChI=1S/C18H21NO2S/c1-4-15(21-16-11-7-5-9-13(16)2)18(20)19-14-10-6-8-12-17(14)22-3/h5-12,15H,4H2,1-3H3,(H,19,20)/t15-/m1/s1. The fourth-order valence-corrected chi connectivity index (χ4v) is 2.68. The maximum Gasteiger partial charge on any atom is 0.265 e. The molecule has 0 heterocycles. The van der Waals surface area contributed by atoms with Crippen molar-refractivity contribution in [3.8, 4) is 5.75 Å². The molecule has 1 amide bonds. The average molecular weight is 315 g/mol. The van der Waals surface area contributed by atoms with E-state index in [9.17, 15) is 4.79 Å². The number of hydrogen-bond acceptors (Lipinski definition) is 3. The number of amides is 1. The van der Waals surface area contributed by atoms with E-state index in [1.807, 2.05) is 68.6 Å². The SMILES string of the molecule is CC[C@@H](Oc1ccccc1C)C(=O)Nc1ccccc1SC. The number of benzene rings is 2. The summed E-state index contributed by atoms with van der Waals surface area (Å²) in [5, 5.41) is 2.97. The van der Waals surface area contributed by atoms with Crippen LogP contribution in [-0.4, -0.2) is 18.3 Å². The van der Waals surface area contributed by atoms with Crippen LogP contribution in [0.1, 0.15) is 18.9 Å². The van der Waals surface area contributed by atoms with Gasteiger partial charge in [-0.3, -0.25) is 4.79 Å². The number of anilines is 1. The van der Waals surface area contributed by atoms with Gasteiger partial charge in [-0.2, -0.15) is 0 Å². The maximum absolute atomic E-state index is 12.5. The van der Waals surface area contributed by atoms with E-state index in [1.165, 1.54) is 0 Å². The van der Waals surface area contributed by atoms with Crippen LogP contribution in [0.3, 0.4) is 0 Å². The third-order valence-electron chi connectivity index (χ3n) is 3.39. The molecule has 1 atom stereocenters. The van der Waals surface area contributed by atoms with Crippen molar-refractivity contribution >= 4 is 23.4 Å². The molecule has 0 bridgehead atoms. The lowest BCUT2D eigenvalue weighted by molar-refractivity contribution is -0.122. The Morgan fingerprint density at radius 3 is 2.55 bits per heavy atom. The first-order chi connectivity index (χ1) is 10.7. The van der Waals surface area contributed by atoms with Crippen LogP contribution < -0.4 is 10.1 Å². The lowest BCUT2D eigenvalue weighted by Gasteiger charge is -2.19. The third kappa shape index (κ3) is 4.04. The van der Waals surface area contributed by atoms with Gasteiger partial charge in [0.25, 0.3) is 5.91 Å². The van der Waals surface area contributed by atoms with Gasteiger partial charge < -0.3 is 10.1 Å². The van der Waals surface area contributed by atoms with Crippen molar-refractivity contribution in [3.63, 3.8) is 0 Å². The summed E-state index contributed by atoms with van der Waals surface area (Å²) >= 11 is 1.61. The summed E-state index contributed by atoms with van der Waals surface area (Å²) in [6, 6.07) is 15.5. The topological polar surface area (TPSA) is 38.3 Å². The summed E-state index contributed by atoms with van der Waals surface area (Å²) in [5.41, 5.74) is 1.85. The highest BCUT2D eigenvalue weighted by Gasteiger charge is 2.20. The van der Waals surface area contributed by atoms with E-state index in [0.717, 1.165) is 21.9 Å². The number of para-hydroxylation sites is 2. The summed E-state index contributed by atoms with van der Waals surface area (Å²) in [4.78, 5) is 13.5. The summed E-state index contributed by atoms with van der Waals surface area (Å²) < 4.78 is 5.88. The van der Waals surface area contributed by atoms with Gasteiger partial charge in [-0.25, -0.2) is 0 Å². The van der Waals surface area contributed by atoms with Crippen LogP contribution in [0.4, 0.5) is 5.69 Å². The van der Waals surface area contributed by atoms with E-state index in [-0.39, 0.29) is 5.91 Å². The van der Waals surface area contributed by atoms with Crippen molar-refractivity contribution in [3.05, 3.63) is 54.1 Å². The van der Waals surface area contributed by atoms with Gasteiger partial charge in [-0.15, -0.1) is 11.8 Å². The minimum absolute atomic E-state index is 0.118. The van der Waals surface area contributed by atoms with E-state index < -0.39 is 6.10 Å². The molecule has 0 radical (unpaired) electrons. The van der Waals surface area contributed by atoms with Crippen LogP contribution in [0, 0.1) is 6.92 Å². The molecule has 0 saturated carbocycles. The van der Waals surface area contributed by atoms with Crippen LogP contribution >= 0.6 is 11.8 Å². The summed E-state index contributed by atoms with van der Waals surface area (Å²) in [6.07, 6.45) is 2.10. The number of carbonyl (C=O) groups excluding carboxylic acids is 1. The molecule has 1 N–H and O–H groups in total. The van der Waals surface area contributed by atoms with Crippen LogP contribution in [0.2, 0.25) is 0 Å². The smallest absolute Gasteiger partial charge is 0.265 e. The number of rotatable bonds is 6. The number of aryl methyl sites for hydroxylation is 1. The number of thioether (sulfide) groups is 1. The van der Waals surface area contributed by atoms with Crippen LogP contribution in [-0.2, 0) is 4.79 Å². The zero-order valence-electron chi connectivity index (χ0n) is 13.1. The van der Waals surface area contributed by atoms with Crippen molar-refractivity contribution in [2.24, 2.45) is 0 Å². The molecule has 0 unspecified atom stereocenters. The Balaban J connectivity index is 2.11. The van der Waals surface area contributed by atoms with Gasteiger partial charge in [0.1, 0.15) is 5.75 Å². The molecule has 0 aliphatic carbocycles. The van der Waals surface area contributed by atoms with Crippen molar-refractivity contribution < 1.29 is 9.53 Å². The summed E-state index contributed by atoms with van der Waals surface area (Å²) in [6.45, 7) is 3.92. The minimum atomic E-state index is -0.504. The van der Waals surface area contributed by atoms with E-state index in [2.05, 4.69) is 5.32 Å². The van der Waals surface area contributed by atoms with E-state index in [0.29, 0.717) is 6.42 Å². The van der Waals surface area contributed by atoms with Gasteiger partial charge in [0.15, 0.2) is 6.10 Å². The lowest BCUT2D eigenvalue weighted by Crippen LogP contribution is -2.32. The largest absolute Gasteiger partial charge is 0.480 e. The second-order valence-electron chi connectivity index (χ2n) is 4.97. The van der Waals surface area contributed by atoms with Crippen LogP contribution in [0.15, 0.2) is 53.4 Å². The predicted octanol–water partition coefficient (Wildman–Crippen LogP) is 4.51. The molecular formula is C18H21NO2S. The Bertz CT molecular complexity index is 642. The maximum atomic E-state index is 12.5. The molecule has 0 aromatic heterocycles. The number of carbonyl (C=O) groups is 1. The number of nitrogens with one attached hydrogen (secondary N) is 1. The number of ether oxygens (including phenoxy) is 1. The molecule has 4 heteroatoms. The summed E-state index contributed by atoms with van der Waals surface area (Å²) in [5.74, 6) is 0.634. The van der Waals surface area contributed by atoms with Crippen molar-refractivity contribution in [1.82, 2.24) is 0 Å². The molecule has 0 spiro atoms. The second-order valence-corrected chi connectivity index (χ2v) is 5.82. The van der Waals surface area contributed by atoms with Crippen molar-refractivity contribution in [2.75, 3.05) is 11.6 Å². The fourth-order valence-electron chi connectivity index (χ4n) is 2.13. The molecule has 2 aromatic carbocycles. The summed E-state index contributed by atoms with van der Waals surface area (Å²) in [7, 11) is 0. The Kier molecular flexibility index (Phi) is 5.90. The molecule has 2 aromatic rings. The predicted molar refractivity (Wildman–Crippen MR) is 92.7 cm³/mol. The molecule has 0 fully saturated rings. The van der Waals surface area contributed by atoms with Gasteiger partial charge in [0, 0.05) is 4.90 Å². The first-order valence-electron chi connectivity index (χ1n) is 7.32. The van der Waals surface area contributed by atoms with Gasteiger partial charge in [-0.05, 0) is 43.4 Å². The fraction of sp³-hybridized carbons (Fsp3) is 0.278. The lowest BCUT2D eigenvalue weighted by atomic mass is 10.2. The highest BCUT2D eigenvalue weighted by atomic mass is 32.2. The van der Waals surface area contributed by atoms with Gasteiger partial charge in [0.2, 0.25) is 0 Å². The van der Waals surface area contributed by atoms with E-state index in [4.69, 9.17) is 4.74 Å². The van der Waals surface area contributed by atoms with Gasteiger partial charge >= 0.3 is 0 Å². The normalized spacial score (nSPS) is 11.8. The molecular weight excluding hydrogens is 294 g/mol. The highest BCUT2D eigenvalue weighted by molar-refractivity contribution is 7.98. The Hall–Kier alpha value is -1.94. The molecule has 3 nitrogen and oxygen atoms in total. The van der Waals surface area contributed by atoms with E-state index >= 15 is 0 Å². The molecule has 0 aliphatic rings. The zero-order valence-corrected chi connectivity index (χ0v) is 13.9. The molecule has 116 valence electrons. The van der Waals surface area contributed by atoms with Gasteiger partial charge in [-0.1, -0.05) is 37.3 Å².